The van der Waals surface area contributed by atoms with Crippen molar-refractivity contribution in [3.05, 3.63) is 172 Å². The lowest BCUT2D eigenvalue weighted by Gasteiger charge is -2.22. The number of halogens is 3. The second-order valence-corrected chi connectivity index (χ2v) is 22.5. The van der Waals surface area contributed by atoms with Crippen LogP contribution in [0.5, 0.6) is 0 Å². The van der Waals surface area contributed by atoms with Gasteiger partial charge in [-0.1, -0.05) is 126 Å². The summed E-state index contributed by atoms with van der Waals surface area (Å²) in [7, 11) is 0. The van der Waals surface area contributed by atoms with Crippen LogP contribution >= 0.6 is 0 Å². The highest BCUT2D eigenvalue weighted by Crippen LogP contribution is 2.46. The molecule has 0 aliphatic carbocycles. The highest BCUT2D eigenvalue weighted by atomic mass is 19.4. The molecule has 9 rings (SSSR count). The molecule has 0 saturated carbocycles. The molecule has 0 radical (unpaired) electrons. The first-order valence-corrected chi connectivity index (χ1v) is 23.2. The van der Waals surface area contributed by atoms with Crippen LogP contribution in [0, 0.1) is 17.9 Å². The lowest BCUT2D eigenvalue weighted by molar-refractivity contribution is -0.137. The Morgan fingerprint density at radius 3 is 1.15 bits per heavy atom. The largest absolute Gasteiger partial charge is 0.415 e. The summed E-state index contributed by atoms with van der Waals surface area (Å²) in [5.74, 6) is 0. The molecule has 2 heterocycles. The van der Waals surface area contributed by atoms with Gasteiger partial charge in [-0.2, -0.15) is 18.4 Å². The first kappa shape index (κ1) is 46.0. The van der Waals surface area contributed by atoms with Gasteiger partial charge >= 0.3 is 6.18 Å². The van der Waals surface area contributed by atoms with Crippen molar-refractivity contribution in [2.24, 2.45) is 0 Å². The van der Waals surface area contributed by atoms with Crippen molar-refractivity contribution in [2.75, 3.05) is 0 Å². The summed E-state index contributed by atoms with van der Waals surface area (Å²) in [5, 5.41) is 15.0. The Morgan fingerprint density at radius 2 is 0.794 bits per heavy atom. The van der Waals surface area contributed by atoms with E-state index in [1.165, 1.54) is 28.3 Å². The van der Waals surface area contributed by atoms with Crippen molar-refractivity contribution in [1.29, 1.82) is 5.26 Å². The minimum Gasteiger partial charge on any atom is -0.309 e. The van der Waals surface area contributed by atoms with Gasteiger partial charge in [-0.15, -0.1) is 0 Å². The fourth-order valence-electron chi connectivity index (χ4n) is 9.61. The zero-order valence-corrected chi connectivity index (χ0v) is 41.0. The van der Waals surface area contributed by atoms with Crippen molar-refractivity contribution >= 4 is 49.3 Å². The monoisotopic (exact) mass is 902 g/mol. The van der Waals surface area contributed by atoms with Crippen LogP contribution in [0.3, 0.4) is 0 Å². The summed E-state index contributed by atoms with van der Waals surface area (Å²) in [6, 6.07) is 44.3. The molecule has 0 fully saturated rings. The van der Waals surface area contributed by atoms with E-state index in [0.717, 1.165) is 78.2 Å². The van der Waals surface area contributed by atoms with E-state index in [1.54, 1.807) is 0 Å². The summed E-state index contributed by atoms with van der Waals surface area (Å²) < 4.78 is 46.8. The van der Waals surface area contributed by atoms with Crippen LogP contribution in [0.25, 0.3) is 82.1 Å². The van der Waals surface area contributed by atoms with Crippen LogP contribution in [0.2, 0.25) is 0 Å². The van der Waals surface area contributed by atoms with Gasteiger partial charge in [0.05, 0.1) is 51.6 Å². The number of nitriles is 1. The molecule has 4 nitrogen and oxygen atoms in total. The van der Waals surface area contributed by atoms with Gasteiger partial charge in [0, 0.05) is 38.2 Å². The molecule has 0 unspecified atom stereocenters. The van der Waals surface area contributed by atoms with E-state index in [9.17, 15) is 18.4 Å². The summed E-state index contributed by atoms with van der Waals surface area (Å²) in [4.78, 5) is 3.63. The van der Waals surface area contributed by atoms with Crippen molar-refractivity contribution in [3.8, 4) is 39.7 Å². The van der Waals surface area contributed by atoms with Gasteiger partial charge in [-0.3, -0.25) is 0 Å². The Bertz CT molecular complexity index is 3470. The molecule has 342 valence electrons. The van der Waals surface area contributed by atoms with E-state index in [1.807, 2.05) is 36.4 Å². The standard InChI is InChI=1S/C61H57F3N4/c1-57(2,3)38-17-24-53-46(30-38)47-31-39(58(4,5)6)18-25-54(47)67(53)51-22-14-36(35-65)28-44(51)45-29-37(43-21-16-42(61(62,63)64)34-50(43)66-13)15-23-52(45)68-55-26-19-40(59(7,8)9)32-48(55)49-33-41(60(10,11)12)20-27-56(49)68/h14-34H,1-12H3. The third-order valence-corrected chi connectivity index (χ3v) is 13.6. The predicted molar refractivity (Wildman–Crippen MR) is 277 cm³/mol. The first-order valence-electron chi connectivity index (χ1n) is 23.2. The topological polar surface area (TPSA) is 38.0 Å². The lowest BCUT2D eigenvalue weighted by Crippen LogP contribution is -2.10. The van der Waals surface area contributed by atoms with Crippen molar-refractivity contribution in [1.82, 2.24) is 9.13 Å². The van der Waals surface area contributed by atoms with Crippen LogP contribution in [0.4, 0.5) is 18.9 Å². The molecule has 9 aromatic rings. The zero-order chi connectivity index (χ0) is 49.0. The SMILES string of the molecule is [C-]#[N+]c1cc(C(F)(F)F)ccc1-c1ccc(-n2c3ccc(C(C)(C)C)cc3c3cc(C(C)(C)C)ccc32)c(-c2cc(C#N)ccc2-n2c3ccc(C(C)(C)C)cc3c3cc(C(C)(C)C)ccc32)c1. The summed E-state index contributed by atoms with van der Waals surface area (Å²) in [6.45, 7) is 34.7. The maximum absolute atomic E-state index is 14.1. The van der Waals surface area contributed by atoms with Crippen LogP contribution in [-0.2, 0) is 27.8 Å². The van der Waals surface area contributed by atoms with Gasteiger partial charge in [0.25, 0.3) is 0 Å². The Balaban J connectivity index is 1.44. The number of nitrogens with zero attached hydrogens (tertiary/aromatic N) is 4. The number of aromatic nitrogens is 2. The van der Waals surface area contributed by atoms with Crippen LogP contribution in [0.15, 0.2) is 127 Å². The van der Waals surface area contributed by atoms with Gasteiger partial charge in [-0.25, -0.2) is 4.85 Å². The third-order valence-electron chi connectivity index (χ3n) is 13.6. The molecule has 0 aliphatic heterocycles. The van der Waals surface area contributed by atoms with E-state index in [0.29, 0.717) is 16.7 Å². The molecule has 0 spiro atoms. The van der Waals surface area contributed by atoms with E-state index in [4.69, 9.17) is 6.57 Å². The minimum atomic E-state index is -4.61. The number of benzene rings is 7. The highest BCUT2D eigenvalue weighted by Gasteiger charge is 2.32. The molecule has 7 aromatic carbocycles. The second-order valence-electron chi connectivity index (χ2n) is 22.5. The number of rotatable bonds is 4. The molecule has 0 bridgehead atoms. The summed E-state index contributed by atoms with van der Waals surface area (Å²) in [5.41, 5.74) is 12.0. The van der Waals surface area contributed by atoms with Crippen molar-refractivity contribution < 1.29 is 13.2 Å². The summed E-state index contributed by atoms with van der Waals surface area (Å²) >= 11 is 0. The Kier molecular flexibility index (Phi) is 10.7. The third kappa shape index (κ3) is 7.92. The average molecular weight is 903 g/mol. The Labute approximate surface area is 398 Å². The normalized spacial score (nSPS) is 12.9. The fourth-order valence-corrected chi connectivity index (χ4v) is 9.61. The van der Waals surface area contributed by atoms with Crippen LogP contribution in [-0.4, -0.2) is 9.13 Å². The number of hydrogen-bond donors (Lipinski definition) is 0. The molecule has 68 heavy (non-hydrogen) atoms. The molecule has 2 aromatic heterocycles. The smallest absolute Gasteiger partial charge is 0.309 e. The molecule has 0 aliphatic rings. The quantitative estimate of drug-likeness (QED) is 0.162. The zero-order valence-electron chi connectivity index (χ0n) is 41.0. The molecular formula is C61H57F3N4. The van der Waals surface area contributed by atoms with Gasteiger partial charge in [0.2, 0.25) is 0 Å². The summed E-state index contributed by atoms with van der Waals surface area (Å²) in [6.07, 6.45) is -4.61. The Morgan fingerprint density at radius 1 is 0.426 bits per heavy atom. The molecule has 0 atom stereocenters. The number of hydrogen-bond acceptors (Lipinski definition) is 1. The molecular weight excluding hydrogens is 846 g/mol. The maximum atomic E-state index is 14.1. The molecule has 0 saturated heterocycles. The maximum Gasteiger partial charge on any atom is 0.415 e. The van der Waals surface area contributed by atoms with Gasteiger partial charge in [0.1, 0.15) is 0 Å². The molecule has 0 amide bonds. The van der Waals surface area contributed by atoms with Crippen LogP contribution in [0.1, 0.15) is 116 Å². The number of fused-ring (bicyclic) bond motifs is 6. The predicted octanol–water partition coefficient (Wildman–Crippen LogP) is 17.8. The van der Waals surface area contributed by atoms with Gasteiger partial charge < -0.3 is 9.13 Å². The van der Waals surface area contributed by atoms with E-state index in [-0.39, 0.29) is 27.3 Å². The molecule has 0 N–H and O–H groups in total. The minimum absolute atomic E-state index is 0.0995. The van der Waals surface area contributed by atoms with E-state index < -0.39 is 11.7 Å². The average Bonchev–Trinajstić information content (AvgIpc) is 3.78. The van der Waals surface area contributed by atoms with E-state index >= 15 is 0 Å². The first-order chi connectivity index (χ1) is 31.8. The van der Waals surface area contributed by atoms with Gasteiger partial charge in [-0.05, 0) is 140 Å². The molecule has 7 heteroatoms. The lowest BCUT2D eigenvalue weighted by atomic mass is 9.85. The highest BCUT2D eigenvalue weighted by molar-refractivity contribution is 6.12. The fraction of sp³-hybridized carbons (Fsp3) is 0.279. The van der Waals surface area contributed by atoms with E-state index in [2.05, 4.69) is 176 Å². The van der Waals surface area contributed by atoms with Crippen molar-refractivity contribution in [3.63, 3.8) is 0 Å². The number of alkyl halides is 3. The Hall–Kier alpha value is -7.09. The van der Waals surface area contributed by atoms with Crippen LogP contribution < -0.4 is 0 Å². The van der Waals surface area contributed by atoms with Crippen molar-refractivity contribution in [2.45, 2.75) is 111 Å². The second kappa shape index (κ2) is 15.7. The van der Waals surface area contributed by atoms with Gasteiger partial charge in [0.15, 0.2) is 5.69 Å².